The summed E-state index contributed by atoms with van der Waals surface area (Å²) in [6.07, 6.45) is 2.18. The standard InChI is InChI=1S/C14H27N3O2/c1-14(2,3)15-13(19)17-8-6-16(7-9-17)10-12(18)11-4-5-11/h11-12,18H,4-10H2,1-3H3,(H,15,19). The van der Waals surface area contributed by atoms with Gasteiger partial charge in [-0.15, -0.1) is 0 Å². The summed E-state index contributed by atoms with van der Waals surface area (Å²) < 4.78 is 0. The maximum absolute atomic E-state index is 12.0. The van der Waals surface area contributed by atoms with E-state index >= 15 is 0 Å². The first-order chi connectivity index (χ1) is 8.85. The molecule has 2 fully saturated rings. The van der Waals surface area contributed by atoms with Crippen LogP contribution in [0.2, 0.25) is 0 Å². The molecule has 1 atom stereocenters. The van der Waals surface area contributed by atoms with Gasteiger partial charge in [0.2, 0.25) is 0 Å². The van der Waals surface area contributed by atoms with Gasteiger partial charge in [0.1, 0.15) is 0 Å². The average Bonchev–Trinajstić information content (AvgIpc) is 3.11. The van der Waals surface area contributed by atoms with E-state index in [2.05, 4.69) is 10.2 Å². The molecule has 1 unspecified atom stereocenters. The molecule has 110 valence electrons. The van der Waals surface area contributed by atoms with Crippen LogP contribution in [0.5, 0.6) is 0 Å². The van der Waals surface area contributed by atoms with Crippen LogP contribution in [0, 0.1) is 5.92 Å². The molecule has 0 aromatic carbocycles. The molecule has 0 radical (unpaired) electrons. The Labute approximate surface area is 115 Å². The van der Waals surface area contributed by atoms with Gasteiger partial charge in [-0.25, -0.2) is 4.79 Å². The van der Waals surface area contributed by atoms with Gasteiger partial charge in [-0.1, -0.05) is 0 Å². The van der Waals surface area contributed by atoms with Crippen LogP contribution in [-0.4, -0.2) is 65.3 Å². The summed E-state index contributed by atoms with van der Waals surface area (Å²) in [5.41, 5.74) is -0.184. The van der Waals surface area contributed by atoms with Gasteiger partial charge in [-0.3, -0.25) is 4.90 Å². The van der Waals surface area contributed by atoms with Crippen molar-refractivity contribution in [2.75, 3.05) is 32.7 Å². The van der Waals surface area contributed by atoms with Crippen molar-refractivity contribution in [3.05, 3.63) is 0 Å². The van der Waals surface area contributed by atoms with Crippen molar-refractivity contribution in [3.8, 4) is 0 Å². The molecule has 1 saturated carbocycles. The van der Waals surface area contributed by atoms with Crippen molar-refractivity contribution in [2.24, 2.45) is 5.92 Å². The van der Waals surface area contributed by atoms with Crippen LogP contribution in [0.4, 0.5) is 4.79 Å². The number of aliphatic hydroxyl groups is 1. The summed E-state index contributed by atoms with van der Waals surface area (Å²) in [6, 6.07) is 0.0230. The third-order valence-corrected chi connectivity index (χ3v) is 3.75. The van der Waals surface area contributed by atoms with Gasteiger partial charge in [-0.2, -0.15) is 0 Å². The number of aliphatic hydroxyl groups excluding tert-OH is 1. The van der Waals surface area contributed by atoms with E-state index in [9.17, 15) is 9.90 Å². The summed E-state index contributed by atoms with van der Waals surface area (Å²) in [5.74, 6) is 0.530. The van der Waals surface area contributed by atoms with Crippen LogP contribution in [-0.2, 0) is 0 Å². The normalized spacial score (nSPS) is 23.3. The molecule has 1 saturated heterocycles. The van der Waals surface area contributed by atoms with E-state index in [1.807, 2.05) is 25.7 Å². The fourth-order valence-electron chi connectivity index (χ4n) is 2.43. The van der Waals surface area contributed by atoms with Crippen LogP contribution < -0.4 is 5.32 Å². The molecule has 1 aliphatic carbocycles. The molecule has 19 heavy (non-hydrogen) atoms. The van der Waals surface area contributed by atoms with Crippen LogP contribution in [0.3, 0.4) is 0 Å². The maximum Gasteiger partial charge on any atom is 0.317 e. The Hall–Kier alpha value is -0.810. The number of amides is 2. The van der Waals surface area contributed by atoms with Gasteiger partial charge in [0, 0.05) is 38.3 Å². The number of piperazine rings is 1. The van der Waals surface area contributed by atoms with E-state index in [0.29, 0.717) is 5.92 Å². The quantitative estimate of drug-likeness (QED) is 0.800. The fourth-order valence-corrected chi connectivity index (χ4v) is 2.43. The second-order valence-electron chi connectivity index (χ2n) is 6.87. The zero-order valence-corrected chi connectivity index (χ0v) is 12.4. The fraction of sp³-hybridized carbons (Fsp3) is 0.929. The first-order valence-corrected chi connectivity index (χ1v) is 7.33. The lowest BCUT2D eigenvalue weighted by atomic mass is 10.1. The molecule has 2 aliphatic rings. The number of nitrogens with one attached hydrogen (secondary N) is 1. The smallest absolute Gasteiger partial charge is 0.317 e. The number of β-amino-alcohol motifs (C(OH)–C–C–N with tert-alkyl or cyclic N) is 1. The van der Waals surface area contributed by atoms with Crippen LogP contribution in [0.1, 0.15) is 33.6 Å². The predicted molar refractivity (Wildman–Crippen MR) is 75.0 cm³/mol. The third-order valence-electron chi connectivity index (χ3n) is 3.75. The number of hydrogen-bond acceptors (Lipinski definition) is 3. The first-order valence-electron chi connectivity index (χ1n) is 7.33. The van der Waals surface area contributed by atoms with E-state index in [4.69, 9.17) is 0 Å². The predicted octanol–water partition coefficient (Wildman–Crippen LogP) is 0.883. The van der Waals surface area contributed by atoms with Crippen molar-refractivity contribution >= 4 is 6.03 Å². The Balaban J connectivity index is 1.71. The number of carbonyl (C=O) groups excluding carboxylic acids is 1. The van der Waals surface area contributed by atoms with Crippen LogP contribution in [0.25, 0.3) is 0 Å². The molecule has 0 spiro atoms. The maximum atomic E-state index is 12.0. The first kappa shape index (κ1) is 14.6. The average molecular weight is 269 g/mol. The summed E-state index contributed by atoms with van der Waals surface area (Å²) in [4.78, 5) is 16.1. The van der Waals surface area contributed by atoms with Crippen molar-refractivity contribution in [1.29, 1.82) is 0 Å². The van der Waals surface area contributed by atoms with E-state index in [1.165, 1.54) is 12.8 Å². The lowest BCUT2D eigenvalue weighted by molar-refractivity contribution is 0.0688. The van der Waals surface area contributed by atoms with E-state index in [0.717, 1.165) is 32.7 Å². The van der Waals surface area contributed by atoms with Crippen LogP contribution in [0.15, 0.2) is 0 Å². The monoisotopic (exact) mass is 269 g/mol. The number of hydrogen-bond donors (Lipinski definition) is 2. The van der Waals surface area contributed by atoms with Gasteiger partial charge in [0.25, 0.3) is 0 Å². The molecule has 1 aliphatic heterocycles. The van der Waals surface area contributed by atoms with E-state index in [-0.39, 0.29) is 17.7 Å². The van der Waals surface area contributed by atoms with Crippen LogP contribution >= 0.6 is 0 Å². The Morgan fingerprint density at radius 2 is 1.84 bits per heavy atom. The molecular weight excluding hydrogens is 242 g/mol. The zero-order chi connectivity index (χ0) is 14.0. The van der Waals surface area contributed by atoms with E-state index in [1.54, 1.807) is 0 Å². The largest absolute Gasteiger partial charge is 0.392 e. The highest BCUT2D eigenvalue weighted by molar-refractivity contribution is 5.75. The minimum absolute atomic E-state index is 0.0230. The molecule has 0 bridgehead atoms. The Kier molecular flexibility index (Phi) is 4.36. The number of carbonyl (C=O) groups is 1. The molecule has 2 rings (SSSR count). The minimum Gasteiger partial charge on any atom is -0.392 e. The minimum atomic E-state index is -0.184. The number of urea groups is 1. The van der Waals surface area contributed by atoms with E-state index < -0.39 is 0 Å². The lowest BCUT2D eigenvalue weighted by Gasteiger charge is -2.37. The van der Waals surface area contributed by atoms with Crippen molar-refractivity contribution in [3.63, 3.8) is 0 Å². The Morgan fingerprint density at radius 3 is 2.32 bits per heavy atom. The Bertz CT molecular complexity index is 315. The molecule has 0 aromatic heterocycles. The second-order valence-corrected chi connectivity index (χ2v) is 6.87. The van der Waals surface area contributed by atoms with Gasteiger partial charge in [0.15, 0.2) is 0 Å². The third kappa shape index (κ3) is 4.66. The second kappa shape index (κ2) is 5.67. The van der Waals surface area contributed by atoms with Crippen molar-refractivity contribution < 1.29 is 9.90 Å². The SMILES string of the molecule is CC(C)(C)NC(=O)N1CCN(CC(O)C2CC2)CC1. The zero-order valence-electron chi connectivity index (χ0n) is 12.4. The highest BCUT2D eigenvalue weighted by atomic mass is 16.3. The number of rotatable bonds is 3. The summed E-state index contributed by atoms with van der Waals surface area (Å²) in [5, 5.41) is 12.9. The lowest BCUT2D eigenvalue weighted by Crippen LogP contribution is -2.55. The molecule has 2 N–H and O–H groups in total. The van der Waals surface area contributed by atoms with Gasteiger partial charge < -0.3 is 15.3 Å². The molecule has 5 nitrogen and oxygen atoms in total. The topological polar surface area (TPSA) is 55.8 Å². The van der Waals surface area contributed by atoms with Crippen molar-refractivity contribution in [2.45, 2.75) is 45.3 Å². The van der Waals surface area contributed by atoms with Gasteiger partial charge in [0.05, 0.1) is 6.10 Å². The molecule has 5 heteroatoms. The number of nitrogens with zero attached hydrogens (tertiary/aromatic N) is 2. The summed E-state index contributed by atoms with van der Waals surface area (Å²) in [6.45, 7) is 9.97. The molecule has 2 amide bonds. The Morgan fingerprint density at radius 1 is 1.26 bits per heavy atom. The molecular formula is C14H27N3O2. The van der Waals surface area contributed by atoms with Crippen molar-refractivity contribution in [1.82, 2.24) is 15.1 Å². The molecule has 1 heterocycles. The molecule has 0 aromatic rings. The highest BCUT2D eigenvalue weighted by Gasteiger charge is 2.32. The highest BCUT2D eigenvalue weighted by Crippen LogP contribution is 2.32. The van der Waals surface area contributed by atoms with Gasteiger partial charge in [-0.05, 0) is 39.5 Å². The van der Waals surface area contributed by atoms with Gasteiger partial charge >= 0.3 is 6.03 Å². The summed E-state index contributed by atoms with van der Waals surface area (Å²) >= 11 is 0. The summed E-state index contributed by atoms with van der Waals surface area (Å²) in [7, 11) is 0.